The fourth-order valence-electron chi connectivity index (χ4n) is 0.300. The highest BCUT2D eigenvalue weighted by atomic mass is 16.9. The molecule has 0 aromatic carbocycles. The lowest BCUT2D eigenvalue weighted by molar-refractivity contribution is -0.742. The number of nitrogens with zero attached hydrogens (tertiary/aromatic N) is 8. The molecule has 0 saturated carbocycles. The first kappa shape index (κ1) is 32.0. The Labute approximate surface area is 126 Å². The van der Waals surface area contributed by atoms with Gasteiger partial charge < -0.3 is 53.0 Å². The maximum Gasteiger partial charge on any atom is 0.291 e. The van der Waals surface area contributed by atoms with E-state index >= 15 is 0 Å². The van der Waals surface area contributed by atoms with E-state index in [0.29, 0.717) is 0 Å². The summed E-state index contributed by atoms with van der Waals surface area (Å²) in [4.78, 5) is 19.7. The second kappa shape index (κ2) is 27.2. The lowest BCUT2D eigenvalue weighted by atomic mass is 9.93. The summed E-state index contributed by atoms with van der Waals surface area (Å²) in [5.74, 6) is 0. The van der Waals surface area contributed by atoms with E-state index in [1.165, 1.54) is 9.82 Å². The molecule has 0 saturated heterocycles. The molecular formula is C5H14N8O10-2. The molecule has 0 rings (SSSR count). The molecule has 0 aliphatic rings. The number of rotatable bonds is 4. The van der Waals surface area contributed by atoms with E-state index in [9.17, 15) is 0 Å². The molecular weight excluding hydrogens is 332 g/mol. The summed E-state index contributed by atoms with van der Waals surface area (Å²) in [6, 6.07) is 0. The molecule has 0 radical (unpaired) electrons. The highest BCUT2D eigenvalue weighted by Crippen LogP contribution is 2.11. The third-order valence-electron chi connectivity index (χ3n) is 1.34. The Morgan fingerprint density at radius 2 is 0.826 bits per heavy atom. The number of hydrogen-bond donors (Lipinski definition) is 6. The monoisotopic (exact) mass is 346 g/mol. The van der Waals surface area contributed by atoms with Crippen molar-refractivity contribution in [1.82, 2.24) is 0 Å². The second-order valence-corrected chi connectivity index (χ2v) is 2.79. The Balaban J connectivity index is -0.0000000652. The van der Waals surface area contributed by atoms with Crippen molar-refractivity contribution in [3.63, 3.8) is 0 Å². The van der Waals surface area contributed by atoms with Gasteiger partial charge in [-0.3, -0.25) is 9.82 Å². The third-order valence-corrected chi connectivity index (χ3v) is 1.34. The van der Waals surface area contributed by atoms with Crippen molar-refractivity contribution in [2.45, 2.75) is 0 Å². The molecule has 0 fully saturated rings. The predicted molar refractivity (Wildman–Crippen MR) is 68.5 cm³/mol. The van der Waals surface area contributed by atoms with Crippen LogP contribution in [0.25, 0.3) is 31.9 Å². The van der Waals surface area contributed by atoms with Gasteiger partial charge in [0.25, 0.3) is 10.2 Å². The first-order valence-electron chi connectivity index (χ1n) is 4.61. The van der Waals surface area contributed by atoms with Gasteiger partial charge in [-0.2, -0.15) is 0 Å². The van der Waals surface area contributed by atoms with E-state index in [0.717, 1.165) is 0 Å². The van der Waals surface area contributed by atoms with Crippen LogP contribution in [0.5, 0.6) is 0 Å². The maximum atomic E-state index is 8.50. The topological polar surface area (TPSA) is 325 Å². The Morgan fingerprint density at radius 1 is 0.739 bits per heavy atom. The van der Waals surface area contributed by atoms with Gasteiger partial charge in [-0.05, 0) is 0 Å². The van der Waals surface area contributed by atoms with Crippen LogP contribution in [0.4, 0.5) is 0 Å². The standard InChI is InChI=1S/C5H12O4.2N3.2HNO3/c6-1-5(2-7,3-8)4-9;2*1-3-2;2*2-1(3)4/h6-9H,1-4H2;;;2*(H,2,3,4)/q;2*-1;;. The average molecular weight is 346 g/mol. The predicted octanol–water partition coefficient (Wildman–Crippen LogP) is -1.02. The van der Waals surface area contributed by atoms with E-state index in [-0.39, 0.29) is 0 Å². The Morgan fingerprint density at radius 3 is 0.826 bits per heavy atom. The number of aliphatic hydroxyl groups is 4. The van der Waals surface area contributed by atoms with E-state index in [4.69, 9.17) is 73.2 Å². The zero-order chi connectivity index (χ0) is 19.9. The molecule has 0 heterocycles. The molecule has 0 aliphatic heterocycles. The zero-order valence-electron chi connectivity index (χ0n) is 11.2. The third kappa shape index (κ3) is 68.3. The van der Waals surface area contributed by atoms with Gasteiger partial charge in [0, 0.05) is 0 Å². The molecule has 0 bridgehead atoms. The highest BCUT2D eigenvalue weighted by molar-refractivity contribution is 4.74. The first-order chi connectivity index (χ1) is 10.5. The van der Waals surface area contributed by atoms with Crippen LogP contribution in [0.1, 0.15) is 0 Å². The van der Waals surface area contributed by atoms with Crippen molar-refractivity contribution in [2.24, 2.45) is 5.41 Å². The molecule has 18 heteroatoms. The largest absolute Gasteiger partial charge is 0.396 e. The smallest absolute Gasteiger partial charge is 0.291 e. The summed E-state index contributed by atoms with van der Waals surface area (Å²) in [5.41, 5.74) is 25.9. The van der Waals surface area contributed by atoms with Gasteiger partial charge in [0.05, 0.1) is 31.8 Å². The van der Waals surface area contributed by atoms with Gasteiger partial charge in [0.1, 0.15) is 0 Å². The average Bonchev–Trinajstić information content (AvgIpc) is 2.42. The van der Waals surface area contributed by atoms with Crippen molar-refractivity contribution in [1.29, 1.82) is 0 Å². The summed E-state index contributed by atoms with van der Waals surface area (Å²) in [5, 5.41) is 61.3. The van der Waals surface area contributed by atoms with Crippen molar-refractivity contribution in [3.8, 4) is 0 Å². The Hall–Kier alpha value is -3.14. The minimum atomic E-state index is -1.50. The van der Waals surface area contributed by atoms with Crippen molar-refractivity contribution < 1.29 is 41.0 Å². The number of hydrogen-bond acceptors (Lipinski definition) is 8. The summed E-state index contributed by atoms with van der Waals surface area (Å²) in [6.45, 7) is -1.62. The summed E-state index contributed by atoms with van der Waals surface area (Å²) in [7, 11) is 0. The molecule has 0 aromatic rings. The van der Waals surface area contributed by atoms with Crippen LogP contribution in [0, 0.1) is 25.6 Å². The van der Waals surface area contributed by atoms with Gasteiger partial charge in [0.2, 0.25) is 0 Å². The molecule has 0 aliphatic carbocycles. The SMILES string of the molecule is O=[N+]([O-])O.O=[N+]([O-])O.OCC(CO)(CO)CO.[N-]=[N+]=[N-].[N-]=[N+]=[N-]. The lowest BCUT2D eigenvalue weighted by Gasteiger charge is -2.23. The van der Waals surface area contributed by atoms with Crippen LogP contribution < -0.4 is 0 Å². The molecule has 136 valence electrons. The van der Waals surface area contributed by atoms with Gasteiger partial charge in [-0.25, -0.2) is 0 Å². The lowest BCUT2D eigenvalue weighted by Crippen LogP contribution is -2.37. The molecule has 0 unspecified atom stereocenters. The van der Waals surface area contributed by atoms with Crippen LogP contribution in [-0.4, -0.2) is 67.4 Å². The van der Waals surface area contributed by atoms with Crippen molar-refractivity contribution >= 4 is 0 Å². The molecule has 0 amide bonds. The van der Waals surface area contributed by atoms with Crippen LogP contribution in [0.2, 0.25) is 0 Å². The minimum absolute atomic E-state index is 0.406. The van der Waals surface area contributed by atoms with Crippen LogP contribution in [0.3, 0.4) is 0 Å². The minimum Gasteiger partial charge on any atom is -0.396 e. The second-order valence-electron chi connectivity index (χ2n) is 2.79. The molecule has 0 aromatic heterocycles. The van der Waals surface area contributed by atoms with E-state index in [1.807, 2.05) is 0 Å². The summed E-state index contributed by atoms with van der Waals surface area (Å²) >= 11 is 0. The van der Waals surface area contributed by atoms with Gasteiger partial charge in [-0.15, -0.1) is 20.2 Å². The molecule has 23 heavy (non-hydrogen) atoms. The first-order valence-corrected chi connectivity index (χ1v) is 4.61. The van der Waals surface area contributed by atoms with Gasteiger partial charge in [0.15, 0.2) is 0 Å². The van der Waals surface area contributed by atoms with Crippen LogP contribution >= 0.6 is 0 Å². The molecule has 6 N–H and O–H groups in total. The van der Waals surface area contributed by atoms with Crippen LogP contribution in [-0.2, 0) is 0 Å². The summed E-state index contributed by atoms with van der Waals surface area (Å²) < 4.78 is 0. The quantitative estimate of drug-likeness (QED) is 0.118. The maximum absolute atomic E-state index is 8.50. The van der Waals surface area contributed by atoms with Crippen LogP contribution in [0.15, 0.2) is 0 Å². The van der Waals surface area contributed by atoms with Gasteiger partial charge >= 0.3 is 0 Å². The normalized spacial score (nSPS) is 7.48. The zero-order valence-corrected chi connectivity index (χ0v) is 11.2. The Kier molecular flexibility index (Phi) is 37.9. The summed E-state index contributed by atoms with van der Waals surface area (Å²) in [6.07, 6.45) is 0. The van der Waals surface area contributed by atoms with E-state index in [1.54, 1.807) is 0 Å². The Bertz CT molecular complexity index is 298. The highest BCUT2D eigenvalue weighted by Gasteiger charge is 2.26. The fourth-order valence-corrected chi connectivity index (χ4v) is 0.300. The number of aliphatic hydroxyl groups excluding tert-OH is 4. The fraction of sp³-hybridized carbons (Fsp3) is 1.00. The van der Waals surface area contributed by atoms with Crippen molar-refractivity contribution in [2.75, 3.05) is 26.4 Å². The molecule has 0 spiro atoms. The molecule has 18 nitrogen and oxygen atoms in total. The van der Waals surface area contributed by atoms with E-state index in [2.05, 4.69) is 0 Å². The van der Waals surface area contributed by atoms with E-state index < -0.39 is 42.0 Å². The van der Waals surface area contributed by atoms with Gasteiger partial charge in [-0.1, -0.05) is 0 Å². The molecule has 0 atom stereocenters. The van der Waals surface area contributed by atoms with Crippen molar-refractivity contribution in [3.05, 3.63) is 52.2 Å².